The number of fused-ring (bicyclic) bond motifs is 2. The Hall–Kier alpha value is -4.32. The number of nitrogens with zero attached hydrogens (tertiary/aromatic N) is 1. The molecule has 3 heterocycles. The number of carboxylic acid groups (broad SMARTS) is 1. The maximum atomic E-state index is 12.4. The number of aliphatic carboxylic acids is 1. The summed E-state index contributed by atoms with van der Waals surface area (Å²) in [5, 5.41) is 13.8. The molecule has 194 valence electrons. The van der Waals surface area contributed by atoms with Crippen molar-refractivity contribution in [1.29, 1.82) is 0 Å². The number of benzene rings is 2. The number of furan rings is 1. The predicted octanol–water partition coefficient (Wildman–Crippen LogP) is 5.32. The lowest BCUT2D eigenvalue weighted by atomic mass is 10.1. The molecular weight excluding hydrogens is 524 g/mol. The maximum Gasteiger partial charge on any atom is 0.413 e. The highest BCUT2D eigenvalue weighted by Gasteiger charge is 2.18. The quantitative estimate of drug-likeness (QED) is 0.151. The van der Waals surface area contributed by atoms with E-state index in [0.717, 1.165) is 35.7 Å². The Morgan fingerprint density at radius 3 is 2.55 bits per heavy atom. The Kier molecular flexibility index (Phi) is 7.05. The monoisotopic (exact) mass is 548 g/mol. The third-order valence-corrected chi connectivity index (χ3v) is 8.17. The van der Waals surface area contributed by atoms with Crippen molar-refractivity contribution >= 4 is 60.8 Å². The summed E-state index contributed by atoms with van der Waals surface area (Å²) >= 11 is 3.08. The molecule has 38 heavy (non-hydrogen) atoms. The first kappa shape index (κ1) is 25.3. The van der Waals surface area contributed by atoms with Gasteiger partial charge in [-0.25, -0.2) is 10.6 Å². The van der Waals surface area contributed by atoms with E-state index in [2.05, 4.69) is 11.4 Å². The minimum Gasteiger partial charge on any atom is -0.481 e. The second-order valence-corrected chi connectivity index (χ2v) is 10.7. The van der Waals surface area contributed by atoms with Crippen LogP contribution >= 0.6 is 22.7 Å². The zero-order chi connectivity index (χ0) is 26.8. The first-order chi connectivity index (χ1) is 18.3. The van der Waals surface area contributed by atoms with Crippen LogP contribution in [0.5, 0.6) is 0 Å². The average Bonchev–Trinajstić information content (AvgIpc) is 3.59. The van der Waals surface area contributed by atoms with Crippen molar-refractivity contribution < 1.29 is 23.8 Å². The molecule has 0 aliphatic carbocycles. The topological polar surface area (TPSA) is 144 Å². The summed E-state index contributed by atoms with van der Waals surface area (Å²) in [4.78, 5) is 25.3. The highest BCUT2D eigenvalue weighted by Crippen LogP contribution is 2.40. The van der Waals surface area contributed by atoms with E-state index in [0.29, 0.717) is 16.8 Å². The van der Waals surface area contributed by atoms with E-state index in [1.54, 1.807) is 18.4 Å². The van der Waals surface area contributed by atoms with Gasteiger partial charge in [-0.15, -0.1) is 22.7 Å². The van der Waals surface area contributed by atoms with Gasteiger partial charge >= 0.3 is 12.1 Å². The zero-order valence-corrected chi connectivity index (χ0v) is 21.9. The van der Waals surface area contributed by atoms with Crippen LogP contribution in [0.2, 0.25) is 0 Å². The number of carbonyl (C=O) groups is 2. The first-order valence-electron chi connectivity index (χ1n) is 11.5. The Bertz CT molecular complexity index is 1640. The number of amides is 1. The van der Waals surface area contributed by atoms with Gasteiger partial charge in [-0.05, 0) is 29.3 Å². The molecule has 5 aromatic rings. The number of carboxylic acids is 1. The van der Waals surface area contributed by atoms with Crippen molar-refractivity contribution in [2.75, 3.05) is 7.05 Å². The molecule has 6 N–H and O–H groups in total. The minimum absolute atomic E-state index is 0.0849. The molecule has 0 spiro atoms. The molecule has 0 atom stereocenters. The molecule has 0 unspecified atom stereocenters. The van der Waals surface area contributed by atoms with Gasteiger partial charge in [-0.3, -0.25) is 15.1 Å². The Morgan fingerprint density at radius 1 is 1.08 bits per heavy atom. The SMILES string of the molecule is CN(N)/C(NC(=O)OCc1ccccc1)=C(\N)c1cc2sc(-c3ccc4c(CC(=O)O)coc4c3)cc2s1. The summed E-state index contributed by atoms with van der Waals surface area (Å²) in [6.45, 7) is 0.121. The van der Waals surface area contributed by atoms with Gasteiger partial charge in [-0.2, -0.15) is 0 Å². The second kappa shape index (κ2) is 10.6. The number of carbonyl (C=O) groups excluding carboxylic acids is 1. The normalized spacial score (nSPS) is 11.9. The van der Waals surface area contributed by atoms with Crippen molar-refractivity contribution in [2.45, 2.75) is 13.0 Å². The maximum absolute atomic E-state index is 12.4. The van der Waals surface area contributed by atoms with E-state index in [9.17, 15) is 9.59 Å². The Morgan fingerprint density at radius 2 is 1.84 bits per heavy atom. The van der Waals surface area contributed by atoms with Crippen molar-refractivity contribution in [1.82, 2.24) is 10.3 Å². The van der Waals surface area contributed by atoms with Gasteiger partial charge in [0, 0.05) is 32.3 Å². The van der Waals surface area contributed by atoms with Crippen LogP contribution in [0.15, 0.2) is 77.2 Å². The molecule has 0 saturated carbocycles. The number of ether oxygens (including phenoxy) is 1. The predicted molar refractivity (Wildman–Crippen MR) is 149 cm³/mol. The highest BCUT2D eigenvalue weighted by molar-refractivity contribution is 7.30. The molecule has 0 fully saturated rings. The average molecular weight is 549 g/mol. The molecule has 11 heteroatoms. The number of hydrazine groups is 1. The van der Waals surface area contributed by atoms with Crippen molar-refractivity contribution in [3.8, 4) is 10.4 Å². The van der Waals surface area contributed by atoms with Gasteiger partial charge in [0.05, 0.1) is 23.3 Å². The lowest BCUT2D eigenvalue weighted by Crippen LogP contribution is -2.39. The lowest BCUT2D eigenvalue weighted by molar-refractivity contribution is -0.136. The number of nitrogens with two attached hydrogens (primary N) is 2. The van der Waals surface area contributed by atoms with Crippen LogP contribution in [-0.2, 0) is 22.6 Å². The summed E-state index contributed by atoms with van der Waals surface area (Å²) in [7, 11) is 1.58. The van der Waals surface area contributed by atoms with Crippen LogP contribution in [0.1, 0.15) is 16.0 Å². The minimum atomic E-state index is -0.900. The van der Waals surface area contributed by atoms with Crippen molar-refractivity contribution in [3.63, 3.8) is 0 Å². The molecule has 0 aliphatic heterocycles. The van der Waals surface area contributed by atoms with Gasteiger partial charge in [0.1, 0.15) is 18.0 Å². The molecule has 2 aromatic carbocycles. The summed E-state index contributed by atoms with van der Waals surface area (Å²) in [6.07, 6.45) is 0.747. The van der Waals surface area contributed by atoms with Crippen LogP contribution in [0.4, 0.5) is 4.79 Å². The fourth-order valence-electron chi connectivity index (χ4n) is 3.97. The van der Waals surface area contributed by atoms with Gasteiger partial charge < -0.3 is 20.0 Å². The number of rotatable bonds is 8. The Balaban J connectivity index is 1.35. The first-order valence-corrected chi connectivity index (χ1v) is 13.1. The molecule has 9 nitrogen and oxygen atoms in total. The van der Waals surface area contributed by atoms with Crippen molar-refractivity contribution in [3.05, 3.63) is 88.8 Å². The van der Waals surface area contributed by atoms with Gasteiger partial charge in [0.2, 0.25) is 0 Å². The van der Waals surface area contributed by atoms with Crippen LogP contribution in [0.25, 0.3) is 36.5 Å². The van der Waals surface area contributed by atoms with Crippen LogP contribution in [0, 0.1) is 0 Å². The number of alkyl carbamates (subject to hydrolysis) is 1. The van der Waals surface area contributed by atoms with E-state index in [4.69, 9.17) is 25.8 Å². The smallest absolute Gasteiger partial charge is 0.413 e. The number of hydrogen-bond donors (Lipinski definition) is 4. The van der Waals surface area contributed by atoms with E-state index >= 15 is 0 Å². The van der Waals surface area contributed by atoms with E-state index in [-0.39, 0.29) is 18.8 Å². The standard InChI is InChI=1S/C27H24N4O5S2/c1-31(29)26(30-27(34)36-13-15-5-3-2-4-6-15)25(28)23-12-22-21(38-23)11-20(37-22)16-7-8-18-17(10-24(32)33)14-35-19(18)9-16/h2-9,11-12,14H,10,13,28-29H2,1H3,(H,30,34)(H,32,33)/b26-25-. The van der Waals surface area contributed by atoms with Crippen molar-refractivity contribution in [2.24, 2.45) is 11.6 Å². The van der Waals surface area contributed by atoms with Gasteiger partial charge in [-0.1, -0.05) is 42.5 Å². The zero-order valence-electron chi connectivity index (χ0n) is 20.3. The molecule has 0 bridgehead atoms. The molecule has 3 aromatic heterocycles. The van der Waals surface area contributed by atoms with Gasteiger partial charge in [0.25, 0.3) is 0 Å². The second-order valence-electron chi connectivity index (χ2n) is 8.55. The summed E-state index contributed by atoms with van der Waals surface area (Å²) in [5.41, 5.74) is 9.87. The third kappa shape index (κ3) is 5.35. The largest absolute Gasteiger partial charge is 0.481 e. The van der Waals surface area contributed by atoms with E-state index < -0.39 is 12.1 Å². The number of hydrogen-bond acceptors (Lipinski definition) is 9. The van der Waals surface area contributed by atoms with Crippen LogP contribution in [-0.4, -0.2) is 29.2 Å². The molecule has 0 aliphatic rings. The third-order valence-electron chi connectivity index (χ3n) is 5.80. The number of nitrogens with one attached hydrogen (secondary N) is 1. The van der Waals surface area contributed by atoms with Gasteiger partial charge in [0.15, 0.2) is 0 Å². The van der Waals surface area contributed by atoms with E-state index in [1.165, 1.54) is 22.6 Å². The molecule has 1 amide bonds. The van der Waals surface area contributed by atoms with E-state index in [1.807, 2.05) is 54.6 Å². The lowest BCUT2D eigenvalue weighted by Gasteiger charge is -2.19. The van der Waals surface area contributed by atoms with Crippen LogP contribution in [0.3, 0.4) is 0 Å². The van der Waals surface area contributed by atoms with Crippen LogP contribution < -0.4 is 16.9 Å². The summed E-state index contributed by atoms with van der Waals surface area (Å²) in [5.74, 6) is 5.30. The summed E-state index contributed by atoms with van der Waals surface area (Å²) < 4.78 is 13.0. The molecular formula is C27H24N4O5S2. The fraction of sp³-hybridized carbons (Fsp3) is 0.111. The fourth-order valence-corrected chi connectivity index (χ4v) is 6.32. The number of thiophene rings is 2. The molecule has 0 radical (unpaired) electrons. The molecule has 0 saturated heterocycles. The summed E-state index contributed by atoms with van der Waals surface area (Å²) in [6, 6.07) is 19.1. The highest BCUT2D eigenvalue weighted by atomic mass is 32.1. The molecule has 5 rings (SSSR count). The Labute approximate surface area is 225 Å².